The van der Waals surface area contributed by atoms with Gasteiger partial charge in [-0.1, -0.05) is 114 Å². The normalized spacial score (nSPS) is 15.8. The summed E-state index contributed by atoms with van der Waals surface area (Å²) in [7, 11) is 0. The molecule has 2 aromatic rings. The van der Waals surface area contributed by atoms with Crippen molar-refractivity contribution in [2.75, 3.05) is 32.7 Å². The molecule has 26 N–H and O–H groups in total. The van der Waals surface area contributed by atoms with Gasteiger partial charge in [-0.25, -0.2) is 0 Å². The first-order chi connectivity index (χ1) is 47.2. The number of nitrogens with one attached hydrogen (secondary N) is 12. The summed E-state index contributed by atoms with van der Waals surface area (Å²) < 4.78 is 0. The van der Waals surface area contributed by atoms with Crippen LogP contribution in [0.5, 0.6) is 0 Å². The number of rotatable bonds is 49. The van der Waals surface area contributed by atoms with Crippen LogP contribution in [-0.4, -0.2) is 181 Å². The van der Waals surface area contributed by atoms with Gasteiger partial charge in [0.05, 0.1) is 6.04 Å². The van der Waals surface area contributed by atoms with E-state index in [1.807, 2.05) is 45.0 Å². The van der Waals surface area contributed by atoms with Crippen molar-refractivity contribution in [3.63, 3.8) is 0 Å². The fraction of sp³-hybridized carbons (Fsp3) is 0.710. The van der Waals surface area contributed by atoms with Gasteiger partial charge in [0.25, 0.3) is 0 Å². The summed E-state index contributed by atoms with van der Waals surface area (Å²) in [6, 6.07) is -7.20. The zero-order valence-electron chi connectivity index (χ0n) is 61.2. The first-order valence-corrected chi connectivity index (χ1v) is 35.7. The summed E-state index contributed by atoms with van der Waals surface area (Å²) in [6.07, 6.45) is 4.42. The third-order valence-corrected chi connectivity index (χ3v) is 17.8. The van der Waals surface area contributed by atoms with Crippen LogP contribution in [0.15, 0.2) is 30.5 Å². The third kappa shape index (κ3) is 29.4. The molecule has 31 nitrogen and oxygen atoms in total. The van der Waals surface area contributed by atoms with E-state index in [2.05, 4.69) is 63.5 Å². The minimum atomic E-state index is -1.35. The SMILES string of the molecule is CC[C@H](C)[C@H](NC(=O)[C@H](CCCN)NC(=O)[C@@H](NC(=O)[C@H](CCCN)NC(=O)[C@@H](NC(=O)[C@@H](NC(=O)[C@H](CC(C)C)NC(=O)[C@H](CCCN)NC(=O)[C@@H](N)C(C)C)[C@@H](C)CC)C(C)C)C(C)C)C(=O)N[C@@H](Cc1c[nH]c2ccccc12)C(=O)N[C@@H](CCCN)C(=O)N[C@@H](CCCN)C(N)=O. The van der Waals surface area contributed by atoms with Gasteiger partial charge in [-0.3, -0.25) is 57.5 Å². The first-order valence-electron chi connectivity index (χ1n) is 35.7. The second-order valence-electron chi connectivity index (χ2n) is 27.7. The van der Waals surface area contributed by atoms with Gasteiger partial charge in [0.1, 0.15) is 66.5 Å². The molecule has 100 heavy (non-hydrogen) atoms. The Bertz CT molecular complexity index is 2950. The molecule has 0 radical (unpaired) electrons. The lowest BCUT2D eigenvalue weighted by atomic mass is 9.95. The lowest BCUT2D eigenvalue weighted by Crippen LogP contribution is -2.62. The highest BCUT2D eigenvalue weighted by Gasteiger charge is 2.39. The smallest absolute Gasteiger partial charge is 0.243 e. The van der Waals surface area contributed by atoms with Crippen LogP contribution >= 0.6 is 0 Å². The third-order valence-electron chi connectivity index (χ3n) is 17.8. The predicted molar refractivity (Wildman–Crippen MR) is 385 cm³/mol. The van der Waals surface area contributed by atoms with E-state index >= 15 is 0 Å². The molecule has 566 valence electrons. The molecule has 0 bridgehead atoms. The van der Waals surface area contributed by atoms with E-state index in [-0.39, 0.29) is 102 Å². The molecule has 1 heterocycles. The van der Waals surface area contributed by atoms with Crippen molar-refractivity contribution in [1.82, 2.24) is 63.5 Å². The molecule has 31 heteroatoms. The minimum Gasteiger partial charge on any atom is -0.368 e. The number of fused-ring (bicyclic) bond motifs is 1. The highest BCUT2D eigenvalue weighted by atomic mass is 16.2. The number of H-pyrrole nitrogens is 1. The Hall–Kier alpha value is -7.84. The number of para-hydroxylation sites is 1. The van der Waals surface area contributed by atoms with Crippen molar-refractivity contribution in [1.29, 1.82) is 0 Å². The van der Waals surface area contributed by atoms with Crippen LogP contribution < -0.4 is 98.6 Å². The molecule has 12 amide bonds. The van der Waals surface area contributed by atoms with Crippen LogP contribution in [0.1, 0.15) is 172 Å². The number of carbonyl (C=O) groups excluding carboxylic acids is 12. The Kier molecular flexibility index (Phi) is 40.4. The van der Waals surface area contributed by atoms with Crippen LogP contribution in [0.2, 0.25) is 0 Å². The second kappa shape index (κ2) is 45.8. The summed E-state index contributed by atoms with van der Waals surface area (Å²) in [5, 5.41) is 31.1. The summed E-state index contributed by atoms with van der Waals surface area (Å²) in [6.45, 7) is 21.8. The van der Waals surface area contributed by atoms with Crippen LogP contribution in [-0.2, 0) is 64.0 Å². The predicted octanol–water partition coefficient (Wildman–Crippen LogP) is -1.34. The lowest BCUT2D eigenvalue weighted by molar-refractivity contribution is -0.137. The van der Waals surface area contributed by atoms with Gasteiger partial charge < -0.3 is 104 Å². The van der Waals surface area contributed by atoms with Crippen molar-refractivity contribution in [3.8, 4) is 0 Å². The summed E-state index contributed by atoms with van der Waals surface area (Å²) in [5.74, 6) is -11.3. The van der Waals surface area contributed by atoms with Gasteiger partial charge >= 0.3 is 0 Å². The number of aromatic nitrogens is 1. The minimum absolute atomic E-state index is 0.00281. The number of primary amides is 1. The maximum atomic E-state index is 14.8. The van der Waals surface area contributed by atoms with Gasteiger partial charge in [-0.05, 0) is 150 Å². The van der Waals surface area contributed by atoms with E-state index < -0.39 is 167 Å². The van der Waals surface area contributed by atoms with E-state index in [9.17, 15) is 57.5 Å². The summed E-state index contributed by atoms with van der Waals surface area (Å²) >= 11 is 0. The number of benzene rings is 1. The van der Waals surface area contributed by atoms with E-state index in [4.69, 9.17) is 40.1 Å². The van der Waals surface area contributed by atoms with Crippen LogP contribution in [0.3, 0.4) is 0 Å². The maximum Gasteiger partial charge on any atom is 0.243 e. The zero-order valence-corrected chi connectivity index (χ0v) is 61.2. The number of aromatic amines is 1. The molecule has 0 spiro atoms. The van der Waals surface area contributed by atoms with E-state index in [1.54, 1.807) is 68.5 Å². The quantitative estimate of drug-likeness (QED) is 0.0364. The second-order valence-corrected chi connectivity index (χ2v) is 27.7. The molecule has 0 aliphatic heterocycles. The number of hydrogen-bond donors (Lipinski definition) is 19. The maximum absolute atomic E-state index is 14.8. The van der Waals surface area contributed by atoms with E-state index in [0.717, 1.165) is 10.9 Å². The largest absolute Gasteiger partial charge is 0.368 e. The topological polar surface area (TPSA) is 535 Å². The standard InChI is InChI=1S/C69H123N19O12/c1-13-41(11)56(68(99)84-52(35-43-36-77-45-23-16-15-22-44(43)45)63(94)79-47(25-18-30-71)59(90)78-46(58(76)89)24-17-29-70)87-62(93)50(28-21-33-74)82-66(97)54(39(7)8)85-61(92)49(27-20-32-73)81-67(98)55(40(9)10)86-69(100)57(42(12)14-2)88-64(95)51(34-37(3)4)83-60(91)48(26-19-31-72)80-65(96)53(75)38(5)6/h15-16,22-23,36-42,46-57,77H,13-14,17-21,24-35,70-75H2,1-12H3,(H2,76,89)(H,78,90)(H,79,94)(H,80,96)(H,81,98)(H,82,97)(H,83,91)(H,84,99)(H,85,92)(H,86,100)(H,87,93)(H,88,95)/t41-,42-,46-,47-,48-,49-,50-,51-,52-,53-,54-,55-,56-,57-/m0/s1. The van der Waals surface area contributed by atoms with Gasteiger partial charge in [0.2, 0.25) is 70.9 Å². The molecule has 0 fully saturated rings. The van der Waals surface area contributed by atoms with Gasteiger partial charge in [-0.2, -0.15) is 0 Å². The molecule has 0 saturated carbocycles. The van der Waals surface area contributed by atoms with Crippen molar-refractivity contribution in [2.24, 2.45) is 75.6 Å². The first kappa shape index (κ1) is 88.2. The molecule has 1 aromatic heterocycles. The average molecular weight is 1410 g/mol. The number of hydrogen-bond acceptors (Lipinski definition) is 18. The fourth-order valence-electron chi connectivity index (χ4n) is 11.1. The monoisotopic (exact) mass is 1410 g/mol. The highest BCUT2D eigenvalue weighted by Crippen LogP contribution is 2.21. The molecular weight excluding hydrogens is 1290 g/mol. The van der Waals surface area contributed by atoms with Crippen molar-refractivity contribution >= 4 is 81.8 Å². The Balaban J connectivity index is 2.49. The van der Waals surface area contributed by atoms with Gasteiger partial charge in [-0.15, -0.1) is 0 Å². The van der Waals surface area contributed by atoms with Crippen molar-refractivity contribution in [2.45, 2.75) is 245 Å². The number of carbonyl (C=O) groups is 12. The summed E-state index contributed by atoms with van der Waals surface area (Å²) in [5.41, 5.74) is 42.3. The van der Waals surface area contributed by atoms with Crippen molar-refractivity contribution < 1.29 is 57.5 Å². The lowest BCUT2D eigenvalue weighted by Gasteiger charge is -2.31. The van der Waals surface area contributed by atoms with Gasteiger partial charge in [0.15, 0.2) is 0 Å². The zero-order chi connectivity index (χ0) is 75.5. The average Bonchev–Trinajstić information content (AvgIpc) is 1.59. The Morgan fingerprint density at radius 2 is 0.690 bits per heavy atom. The van der Waals surface area contributed by atoms with Gasteiger partial charge in [0, 0.05) is 23.5 Å². The molecule has 0 aliphatic carbocycles. The van der Waals surface area contributed by atoms with Crippen molar-refractivity contribution in [3.05, 3.63) is 36.0 Å². The molecule has 0 aliphatic rings. The highest BCUT2D eigenvalue weighted by molar-refractivity contribution is 6.00. The van der Waals surface area contributed by atoms with E-state index in [0.29, 0.717) is 37.7 Å². The Labute approximate surface area is 590 Å². The molecule has 2 rings (SSSR count). The number of nitrogens with two attached hydrogens (primary N) is 7. The Morgan fingerprint density at radius 3 is 1.08 bits per heavy atom. The van der Waals surface area contributed by atoms with E-state index in [1.165, 1.54) is 0 Å². The molecule has 1 aromatic carbocycles. The molecule has 14 atom stereocenters. The molecule has 0 saturated heterocycles. The molecule has 0 unspecified atom stereocenters. The summed E-state index contributed by atoms with van der Waals surface area (Å²) in [4.78, 5) is 172. The van der Waals surface area contributed by atoms with Crippen LogP contribution in [0.25, 0.3) is 10.9 Å². The molecular formula is C69H123N19O12. The fourth-order valence-corrected chi connectivity index (χ4v) is 11.1. The number of amides is 12. The van der Waals surface area contributed by atoms with Crippen LogP contribution in [0, 0.1) is 35.5 Å². The van der Waals surface area contributed by atoms with Crippen LogP contribution in [0.4, 0.5) is 0 Å². The Morgan fingerprint density at radius 1 is 0.380 bits per heavy atom.